The molecule has 1 aliphatic heterocycles. The molecule has 11 nitrogen and oxygen atoms in total. The molecule has 0 aliphatic carbocycles. The van der Waals surface area contributed by atoms with Gasteiger partial charge in [-0.25, -0.2) is 0 Å². The van der Waals surface area contributed by atoms with Crippen molar-refractivity contribution in [3.8, 4) is 0 Å². The molecule has 1 fully saturated rings. The standard InChI is InChI=1S/C79H147NO10/c1-4-7-10-13-16-19-22-25-27-29-31-33-35-36-37-38-39-41-43-45-47-49-52-55-58-61-64-67-74(84)90-77-76(86)75(85)73(68-81)89-79(77)88-69-70(71(82)65-62-59-56-53-50-24-21-18-15-12-9-6-3)80-78(87)72(83)66-63-60-57-54-51-48-46-44-42-40-34-32-30-28-26-23-20-17-14-11-8-5-2/h16,19,25-28,62,65,70-73,75-77,79,81-83,85-86H,4-15,17-18,20-24,29-61,63-64,66-69H2,1-3H3,(H,80,87)/b19-16-,27-25-,28-26+,65-62+. The van der Waals surface area contributed by atoms with E-state index in [-0.39, 0.29) is 13.0 Å². The summed E-state index contributed by atoms with van der Waals surface area (Å²) in [6.07, 6.45) is 74.5. The lowest BCUT2D eigenvalue weighted by molar-refractivity contribution is -0.305. The molecular weight excluding hydrogens is 1120 g/mol. The summed E-state index contributed by atoms with van der Waals surface area (Å²) in [7, 11) is 0. The molecule has 0 bridgehead atoms. The van der Waals surface area contributed by atoms with Gasteiger partial charge in [0.05, 0.1) is 25.4 Å². The maximum absolute atomic E-state index is 13.5. The van der Waals surface area contributed by atoms with E-state index in [1.54, 1.807) is 6.08 Å². The topological polar surface area (TPSA) is 175 Å². The van der Waals surface area contributed by atoms with Crippen molar-refractivity contribution in [3.63, 3.8) is 0 Å². The van der Waals surface area contributed by atoms with E-state index in [4.69, 9.17) is 14.2 Å². The second kappa shape index (κ2) is 66.6. The Hall–Kier alpha value is -2.38. The Labute approximate surface area is 555 Å². The van der Waals surface area contributed by atoms with Crippen molar-refractivity contribution < 1.29 is 49.3 Å². The monoisotopic (exact) mass is 1270 g/mol. The van der Waals surface area contributed by atoms with Gasteiger partial charge in [-0.3, -0.25) is 9.59 Å². The molecule has 0 saturated carbocycles. The average Bonchev–Trinajstić information content (AvgIpc) is 3.71. The highest BCUT2D eigenvalue weighted by Gasteiger charge is 2.47. The van der Waals surface area contributed by atoms with Gasteiger partial charge in [-0.1, -0.05) is 339 Å². The van der Waals surface area contributed by atoms with E-state index >= 15 is 0 Å². The van der Waals surface area contributed by atoms with Crippen molar-refractivity contribution in [2.75, 3.05) is 13.2 Å². The summed E-state index contributed by atoms with van der Waals surface area (Å²) < 4.78 is 17.7. The van der Waals surface area contributed by atoms with Gasteiger partial charge < -0.3 is 45.1 Å². The molecule has 0 aromatic heterocycles. The molecule has 1 amide bonds. The summed E-state index contributed by atoms with van der Waals surface area (Å²) in [4.78, 5) is 26.8. The number of allylic oxidation sites excluding steroid dienone is 7. The maximum Gasteiger partial charge on any atom is 0.306 e. The van der Waals surface area contributed by atoms with Gasteiger partial charge in [0.1, 0.15) is 24.4 Å². The van der Waals surface area contributed by atoms with Crippen LogP contribution < -0.4 is 5.32 Å². The molecule has 90 heavy (non-hydrogen) atoms. The first kappa shape index (κ1) is 85.6. The molecule has 0 spiro atoms. The van der Waals surface area contributed by atoms with Gasteiger partial charge in [-0.15, -0.1) is 0 Å². The fourth-order valence-electron chi connectivity index (χ4n) is 12.3. The van der Waals surface area contributed by atoms with Crippen LogP contribution in [0.15, 0.2) is 48.6 Å². The molecule has 0 radical (unpaired) electrons. The van der Waals surface area contributed by atoms with Crippen LogP contribution in [-0.2, 0) is 23.8 Å². The van der Waals surface area contributed by atoms with Crippen LogP contribution >= 0.6 is 0 Å². The van der Waals surface area contributed by atoms with Crippen molar-refractivity contribution in [1.29, 1.82) is 0 Å². The highest BCUT2D eigenvalue weighted by atomic mass is 16.7. The number of ether oxygens (including phenoxy) is 3. The Morgan fingerprint density at radius 2 is 0.767 bits per heavy atom. The molecule has 528 valence electrons. The highest BCUT2D eigenvalue weighted by molar-refractivity contribution is 5.80. The van der Waals surface area contributed by atoms with Gasteiger partial charge in [-0.2, -0.15) is 0 Å². The normalized spacial score (nSPS) is 18.2. The molecule has 0 aromatic rings. The minimum Gasteiger partial charge on any atom is -0.454 e. The van der Waals surface area contributed by atoms with Gasteiger partial charge >= 0.3 is 5.97 Å². The smallest absolute Gasteiger partial charge is 0.306 e. The first-order chi connectivity index (χ1) is 44.2. The lowest BCUT2D eigenvalue weighted by Gasteiger charge is -2.41. The summed E-state index contributed by atoms with van der Waals surface area (Å²) >= 11 is 0. The molecule has 1 rings (SSSR count). The van der Waals surface area contributed by atoms with Crippen molar-refractivity contribution >= 4 is 11.9 Å². The summed E-state index contributed by atoms with van der Waals surface area (Å²) in [6, 6.07) is -1.02. The third-order valence-corrected chi connectivity index (χ3v) is 18.5. The van der Waals surface area contributed by atoms with E-state index in [1.165, 1.54) is 270 Å². The van der Waals surface area contributed by atoms with Crippen molar-refractivity contribution in [2.45, 2.75) is 429 Å². The van der Waals surface area contributed by atoms with Crippen LogP contribution in [0.4, 0.5) is 0 Å². The SMILES string of the molecule is CCCCC/C=C\C/C=C\CCCCCCCCCCCCCCCCCCCC(=O)OC1C(OCC(NC(=O)C(O)CCCCCCCCCCCCCC/C=C/CCCCCCCC)C(O)/C=C/CCCCCCCCCCCC)OC(CO)C(O)C1O. The number of unbranched alkanes of at least 4 members (excludes halogenated alkanes) is 48. The Morgan fingerprint density at radius 3 is 1.17 bits per heavy atom. The molecule has 0 aromatic carbocycles. The molecule has 6 N–H and O–H groups in total. The van der Waals surface area contributed by atoms with Crippen LogP contribution in [0, 0.1) is 0 Å². The third-order valence-electron chi connectivity index (χ3n) is 18.5. The van der Waals surface area contributed by atoms with Gasteiger partial charge in [0, 0.05) is 6.42 Å². The van der Waals surface area contributed by atoms with Crippen LogP contribution in [0.1, 0.15) is 380 Å². The zero-order valence-electron chi connectivity index (χ0n) is 59.0. The van der Waals surface area contributed by atoms with E-state index in [1.807, 2.05) is 6.08 Å². The molecule has 1 aliphatic rings. The van der Waals surface area contributed by atoms with Crippen molar-refractivity contribution in [2.24, 2.45) is 0 Å². The Kier molecular flexibility index (Phi) is 63.4. The van der Waals surface area contributed by atoms with Gasteiger partial charge in [-0.05, 0) is 83.5 Å². The van der Waals surface area contributed by atoms with E-state index in [0.29, 0.717) is 19.3 Å². The maximum atomic E-state index is 13.5. The first-order valence-electron chi connectivity index (χ1n) is 38.9. The molecular formula is C79H147NO10. The Balaban J connectivity index is 2.49. The number of aliphatic hydroxyl groups excluding tert-OH is 5. The number of amides is 1. The van der Waals surface area contributed by atoms with Crippen LogP contribution in [0.3, 0.4) is 0 Å². The summed E-state index contributed by atoms with van der Waals surface area (Å²) in [5.74, 6) is -1.18. The number of hydrogen-bond acceptors (Lipinski definition) is 10. The second-order valence-electron chi connectivity index (χ2n) is 27.1. The van der Waals surface area contributed by atoms with Crippen LogP contribution in [0.5, 0.6) is 0 Å². The zero-order chi connectivity index (χ0) is 65.3. The number of aliphatic hydroxyl groups is 5. The van der Waals surface area contributed by atoms with E-state index in [9.17, 15) is 35.1 Å². The average molecular weight is 1270 g/mol. The molecule has 1 saturated heterocycles. The largest absolute Gasteiger partial charge is 0.454 e. The predicted octanol–water partition coefficient (Wildman–Crippen LogP) is 20.7. The predicted molar refractivity (Wildman–Crippen MR) is 380 cm³/mol. The number of rotatable bonds is 68. The fraction of sp³-hybridized carbons (Fsp3) is 0.873. The molecule has 8 unspecified atom stereocenters. The summed E-state index contributed by atoms with van der Waals surface area (Å²) in [6.45, 7) is 5.82. The van der Waals surface area contributed by atoms with Crippen molar-refractivity contribution in [1.82, 2.24) is 5.32 Å². The molecule has 1 heterocycles. The number of carbonyl (C=O) groups excluding carboxylic acids is 2. The first-order valence-corrected chi connectivity index (χ1v) is 38.9. The lowest BCUT2D eigenvalue weighted by atomic mass is 9.99. The van der Waals surface area contributed by atoms with Gasteiger partial charge in [0.15, 0.2) is 12.4 Å². The van der Waals surface area contributed by atoms with E-state index in [2.05, 4.69) is 62.5 Å². The quantitative estimate of drug-likeness (QED) is 0.0195. The highest BCUT2D eigenvalue weighted by Crippen LogP contribution is 2.27. The van der Waals surface area contributed by atoms with E-state index in [0.717, 1.165) is 64.2 Å². The number of esters is 1. The Morgan fingerprint density at radius 1 is 0.433 bits per heavy atom. The minimum absolute atomic E-state index is 0.127. The van der Waals surface area contributed by atoms with Gasteiger partial charge in [0.2, 0.25) is 5.91 Å². The zero-order valence-corrected chi connectivity index (χ0v) is 59.0. The minimum atomic E-state index is -1.61. The van der Waals surface area contributed by atoms with Crippen molar-refractivity contribution in [3.05, 3.63) is 48.6 Å². The van der Waals surface area contributed by atoms with Crippen LogP contribution in [-0.4, -0.2) is 99.6 Å². The lowest BCUT2D eigenvalue weighted by Crippen LogP contribution is -2.61. The summed E-state index contributed by atoms with van der Waals surface area (Å²) in [5, 5.41) is 57.4. The van der Waals surface area contributed by atoms with Gasteiger partial charge in [0.25, 0.3) is 0 Å². The van der Waals surface area contributed by atoms with Crippen LogP contribution in [0.25, 0.3) is 0 Å². The molecule has 11 heteroatoms. The number of carbonyl (C=O) groups is 2. The number of nitrogens with one attached hydrogen (secondary N) is 1. The third kappa shape index (κ3) is 52.9. The number of hydrogen-bond donors (Lipinski definition) is 6. The van der Waals surface area contributed by atoms with E-state index < -0.39 is 67.4 Å². The molecule has 8 atom stereocenters. The fourth-order valence-corrected chi connectivity index (χ4v) is 12.3. The second-order valence-corrected chi connectivity index (χ2v) is 27.1. The summed E-state index contributed by atoms with van der Waals surface area (Å²) in [5.41, 5.74) is 0. The van der Waals surface area contributed by atoms with Crippen LogP contribution in [0.2, 0.25) is 0 Å². The Bertz CT molecular complexity index is 1650.